The number of carbonyl (C=O) groups is 2. The number of rotatable bonds is 8. The molecular formula is C25H30N2O6. The highest BCUT2D eigenvalue weighted by Crippen LogP contribution is 2.38. The Hall–Kier alpha value is -3.36. The van der Waals surface area contributed by atoms with Crippen molar-refractivity contribution in [3.63, 3.8) is 0 Å². The zero-order valence-electron chi connectivity index (χ0n) is 19.1. The smallest absolute Gasteiger partial charge is 0.411 e. The van der Waals surface area contributed by atoms with Gasteiger partial charge in [0.15, 0.2) is 6.04 Å². The van der Waals surface area contributed by atoms with Crippen LogP contribution in [0.3, 0.4) is 0 Å². The minimum absolute atomic E-state index is 0.0403. The molecule has 2 aromatic carbocycles. The van der Waals surface area contributed by atoms with E-state index >= 15 is 0 Å². The first-order chi connectivity index (χ1) is 15.7. The molecule has 0 saturated carbocycles. The monoisotopic (exact) mass is 454 g/mol. The second kappa shape index (κ2) is 10.5. The van der Waals surface area contributed by atoms with Crippen LogP contribution in [0.25, 0.3) is 0 Å². The maximum Gasteiger partial charge on any atom is 0.411 e. The SMILES string of the molecule is C=CCOc1ccc2c(c1)C(NOCc1ccccc1)CN(C(=O)OC(C)(C)C)[C@@H]2C(=O)O. The van der Waals surface area contributed by atoms with Crippen molar-refractivity contribution in [1.82, 2.24) is 10.4 Å². The summed E-state index contributed by atoms with van der Waals surface area (Å²) in [6, 6.07) is 13.0. The van der Waals surface area contributed by atoms with Crippen molar-refractivity contribution in [1.29, 1.82) is 0 Å². The van der Waals surface area contributed by atoms with Crippen LogP contribution in [-0.4, -0.2) is 40.8 Å². The van der Waals surface area contributed by atoms with Gasteiger partial charge in [0.05, 0.1) is 12.6 Å². The first-order valence-electron chi connectivity index (χ1n) is 10.7. The Balaban J connectivity index is 1.91. The molecule has 1 aliphatic rings. The molecule has 8 nitrogen and oxygen atoms in total. The van der Waals surface area contributed by atoms with Gasteiger partial charge in [-0.1, -0.05) is 49.1 Å². The summed E-state index contributed by atoms with van der Waals surface area (Å²) in [5.41, 5.74) is 4.34. The Kier molecular flexibility index (Phi) is 7.73. The summed E-state index contributed by atoms with van der Waals surface area (Å²) in [6.45, 7) is 9.51. The second-order valence-corrected chi connectivity index (χ2v) is 8.71. The Bertz CT molecular complexity index is 986. The van der Waals surface area contributed by atoms with Crippen LogP contribution in [-0.2, 0) is 21.0 Å². The highest BCUT2D eigenvalue weighted by molar-refractivity contribution is 5.83. The zero-order valence-corrected chi connectivity index (χ0v) is 19.1. The van der Waals surface area contributed by atoms with Crippen molar-refractivity contribution >= 4 is 12.1 Å². The maximum atomic E-state index is 12.9. The molecule has 0 aliphatic carbocycles. The maximum absolute atomic E-state index is 12.9. The van der Waals surface area contributed by atoms with E-state index in [0.29, 0.717) is 30.1 Å². The van der Waals surface area contributed by atoms with Gasteiger partial charge in [-0.25, -0.2) is 9.59 Å². The quantitative estimate of drug-likeness (QED) is 0.451. The molecule has 2 N–H and O–H groups in total. The number of aliphatic carboxylic acids is 1. The Morgan fingerprint density at radius 3 is 2.55 bits per heavy atom. The summed E-state index contributed by atoms with van der Waals surface area (Å²) in [7, 11) is 0. The van der Waals surface area contributed by atoms with Gasteiger partial charge < -0.3 is 14.6 Å². The molecule has 0 bridgehead atoms. The van der Waals surface area contributed by atoms with Crippen LogP contribution >= 0.6 is 0 Å². The number of amides is 1. The third-order valence-electron chi connectivity index (χ3n) is 4.96. The Labute approximate surface area is 193 Å². The van der Waals surface area contributed by atoms with Crippen LogP contribution < -0.4 is 10.2 Å². The van der Waals surface area contributed by atoms with Gasteiger partial charge in [-0.3, -0.25) is 9.74 Å². The minimum Gasteiger partial charge on any atom is -0.490 e. The highest BCUT2D eigenvalue weighted by atomic mass is 16.6. The molecule has 1 aliphatic heterocycles. The van der Waals surface area contributed by atoms with Crippen LogP contribution in [0.5, 0.6) is 5.75 Å². The van der Waals surface area contributed by atoms with Gasteiger partial charge in [-0.05, 0) is 49.6 Å². The molecule has 2 atom stereocenters. The van der Waals surface area contributed by atoms with E-state index in [9.17, 15) is 14.7 Å². The van der Waals surface area contributed by atoms with Gasteiger partial charge in [0.1, 0.15) is 18.0 Å². The zero-order chi connectivity index (χ0) is 24.0. The number of hydrogen-bond donors (Lipinski definition) is 2. The molecular weight excluding hydrogens is 424 g/mol. The summed E-state index contributed by atoms with van der Waals surface area (Å²) >= 11 is 0. The lowest BCUT2D eigenvalue weighted by Gasteiger charge is -2.39. The Morgan fingerprint density at radius 2 is 1.91 bits per heavy atom. The number of benzene rings is 2. The molecule has 176 valence electrons. The standard InChI is InChI=1S/C25H30N2O6/c1-5-13-31-18-11-12-19-20(14-18)21(26-32-16-17-9-7-6-8-10-17)15-27(22(19)23(28)29)24(30)33-25(2,3)4/h5-12,14,21-22,26H,1,13,15-16H2,2-4H3,(H,28,29)/t21?,22-/m0/s1. The lowest BCUT2D eigenvalue weighted by molar-refractivity contribution is -0.144. The van der Waals surface area contributed by atoms with Crippen molar-refractivity contribution in [2.24, 2.45) is 0 Å². The molecule has 1 heterocycles. The average molecular weight is 455 g/mol. The molecule has 33 heavy (non-hydrogen) atoms. The molecule has 1 unspecified atom stereocenters. The van der Waals surface area contributed by atoms with Crippen LogP contribution in [0.4, 0.5) is 4.79 Å². The van der Waals surface area contributed by atoms with Crippen molar-refractivity contribution in [2.75, 3.05) is 13.2 Å². The second-order valence-electron chi connectivity index (χ2n) is 8.71. The molecule has 0 fully saturated rings. The van der Waals surface area contributed by atoms with Crippen LogP contribution in [0.1, 0.15) is 49.5 Å². The molecule has 8 heteroatoms. The molecule has 0 spiro atoms. The first kappa shape index (κ1) is 24.3. The van der Waals surface area contributed by atoms with E-state index in [1.165, 1.54) is 4.90 Å². The predicted octanol–water partition coefficient (Wildman–Crippen LogP) is 4.39. The summed E-state index contributed by atoms with van der Waals surface area (Å²) < 4.78 is 11.1. The number of carboxylic acid groups (broad SMARTS) is 1. The summed E-state index contributed by atoms with van der Waals surface area (Å²) in [6.07, 6.45) is 0.921. The number of nitrogens with zero attached hydrogens (tertiary/aromatic N) is 1. The van der Waals surface area contributed by atoms with Gasteiger partial charge in [0.25, 0.3) is 0 Å². The number of nitrogens with one attached hydrogen (secondary N) is 1. The summed E-state index contributed by atoms with van der Waals surface area (Å²) in [4.78, 5) is 32.1. The summed E-state index contributed by atoms with van der Waals surface area (Å²) in [5, 5.41) is 9.98. The van der Waals surface area contributed by atoms with E-state index in [2.05, 4.69) is 12.1 Å². The molecule has 1 amide bonds. The topological polar surface area (TPSA) is 97.3 Å². The van der Waals surface area contributed by atoms with Crippen LogP contribution in [0.2, 0.25) is 0 Å². The largest absolute Gasteiger partial charge is 0.490 e. The number of carboxylic acids is 1. The van der Waals surface area contributed by atoms with Crippen molar-refractivity contribution in [3.05, 3.63) is 77.9 Å². The molecule has 2 aromatic rings. The number of carbonyl (C=O) groups excluding carboxylic acids is 1. The number of hydrogen-bond acceptors (Lipinski definition) is 6. The molecule has 0 saturated heterocycles. The normalized spacial score (nSPS) is 17.7. The first-order valence-corrected chi connectivity index (χ1v) is 10.7. The van der Waals surface area contributed by atoms with Gasteiger partial charge in [-0.15, -0.1) is 0 Å². The average Bonchev–Trinajstić information content (AvgIpc) is 2.76. The fourth-order valence-electron chi connectivity index (χ4n) is 3.58. The number of ether oxygens (including phenoxy) is 2. The van der Waals surface area contributed by atoms with E-state index in [1.54, 1.807) is 45.0 Å². The fraction of sp³-hybridized carbons (Fsp3) is 0.360. The fourth-order valence-corrected chi connectivity index (χ4v) is 3.58. The van der Waals surface area contributed by atoms with Crippen molar-refractivity contribution in [2.45, 2.75) is 45.1 Å². The van der Waals surface area contributed by atoms with Gasteiger partial charge in [0, 0.05) is 6.54 Å². The highest BCUT2D eigenvalue weighted by Gasteiger charge is 2.42. The minimum atomic E-state index is -1.20. The van der Waals surface area contributed by atoms with E-state index in [1.807, 2.05) is 30.3 Å². The van der Waals surface area contributed by atoms with Crippen LogP contribution in [0, 0.1) is 0 Å². The van der Waals surface area contributed by atoms with E-state index in [0.717, 1.165) is 5.56 Å². The third-order valence-corrected chi connectivity index (χ3v) is 4.96. The number of fused-ring (bicyclic) bond motifs is 1. The van der Waals surface area contributed by atoms with Crippen molar-refractivity contribution in [3.8, 4) is 5.75 Å². The summed E-state index contributed by atoms with van der Waals surface area (Å²) in [5.74, 6) is -0.580. The van der Waals surface area contributed by atoms with E-state index < -0.39 is 29.7 Å². The van der Waals surface area contributed by atoms with Crippen LogP contribution in [0.15, 0.2) is 61.2 Å². The van der Waals surface area contributed by atoms with E-state index in [4.69, 9.17) is 14.3 Å². The lowest BCUT2D eigenvalue weighted by atomic mass is 9.89. The lowest BCUT2D eigenvalue weighted by Crippen LogP contribution is -2.49. The van der Waals surface area contributed by atoms with Crippen molar-refractivity contribution < 1.29 is 29.0 Å². The molecule has 3 rings (SSSR count). The Morgan fingerprint density at radius 1 is 1.18 bits per heavy atom. The van der Waals surface area contributed by atoms with E-state index in [-0.39, 0.29) is 6.54 Å². The molecule has 0 aromatic heterocycles. The third kappa shape index (κ3) is 6.34. The predicted molar refractivity (Wildman–Crippen MR) is 123 cm³/mol. The van der Waals surface area contributed by atoms with Gasteiger partial charge in [-0.2, -0.15) is 5.48 Å². The number of hydroxylamine groups is 1. The molecule has 0 radical (unpaired) electrons. The van der Waals surface area contributed by atoms with Gasteiger partial charge >= 0.3 is 12.1 Å². The van der Waals surface area contributed by atoms with Gasteiger partial charge in [0.2, 0.25) is 0 Å².